The normalized spacial score (nSPS) is 10.5. The Kier molecular flexibility index (Phi) is 5.17. The van der Waals surface area contributed by atoms with Crippen LogP contribution in [0.4, 0.5) is 0 Å². The van der Waals surface area contributed by atoms with Crippen molar-refractivity contribution in [2.24, 2.45) is 0 Å². The quantitative estimate of drug-likeness (QED) is 0.779. The van der Waals surface area contributed by atoms with Crippen LogP contribution in [0.25, 0.3) is 0 Å². The molecule has 3 nitrogen and oxygen atoms in total. The first-order chi connectivity index (χ1) is 8.84. The van der Waals surface area contributed by atoms with Crippen LogP contribution in [0.3, 0.4) is 0 Å². The van der Waals surface area contributed by atoms with Crippen LogP contribution in [0.2, 0.25) is 0 Å². The van der Waals surface area contributed by atoms with Crippen LogP contribution in [-0.2, 0) is 6.42 Å². The Morgan fingerprint density at radius 2 is 2.06 bits per heavy atom. The Balaban J connectivity index is 1.54. The van der Waals surface area contributed by atoms with Crippen LogP contribution < -0.4 is 10.1 Å². The van der Waals surface area contributed by atoms with Gasteiger partial charge in [0.05, 0.1) is 10.7 Å². The molecule has 96 valence electrons. The molecule has 0 atom stereocenters. The summed E-state index contributed by atoms with van der Waals surface area (Å²) < 4.78 is 5.59. The lowest BCUT2D eigenvalue weighted by Gasteiger charge is -2.06. The molecule has 0 bridgehead atoms. The number of hydrogen-bond donors (Lipinski definition) is 1. The van der Waals surface area contributed by atoms with E-state index < -0.39 is 0 Å². The first-order valence-corrected chi connectivity index (χ1v) is 7.02. The predicted molar refractivity (Wildman–Crippen MR) is 75.4 cm³/mol. The summed E-state index contributed by atoms with van der Waals surface area (Å²) in [5.74, 6) is 0.925. The summed E-state index contributed by atoms with van der Waals surface area (Å²) in [5.41, 5.74) is 1.17. The maximum absolute atomic E-state index is 5.59. The number of nitrogens with one attached hydrogen (secondary N) is 1. The van der Waals surface area contributed by atoms with Crippen molar-refractivity contribution in [1.82, 2.24) is 10.3 Å². The first-order valence-electron chi connectivity index (χ1n) is 6.14. The highest BCUT2D eigenvalue weighted by molar-refractivity contribution is 7.09. The maximum Gasteiger partial charge on any atom is 0.119 e. The maximum atomic E-state index is 5.59. The van der Waals surface area contributed by atoms with Crippen LogP contribution >= 0.6 is 11.3 Å². The van der Waals surface area contributed by atoms with E-state index in [4.69, 9.17) is 4.74 Å². The van der Waals surface area contributed by atoms with E-state index in [-0.39, 0.29) is 0 Å². The van der Waals surface area contributed by atoms with Gasteiger partial charge in [-0.1, -0.05) is 18.2 Å². The molecule has 0 saturated carbocycles. The fraction of sp³-hybridized carbons (Fsp3) is 0.357. The number of ether oxygens (including phenoxy) is 1. The predicted octanol–water partition coefficient (Wildman–Crippen LogP) is 2.66. The highest BCUT2D eigenvalue weighted by Crippen LogP contribution is 2.08. The third-order valence-corrected chi connectivity index (χ3v) is 3.34. The van der Waals surface area contributed by atoms with E-state index in [9.17, 15) is 0 Å². The molecule has 2 rings (SSSR count). The van der Waals surface area contributed by atoms with Crippen molar-refractivity contribution < 1.29 is 4.74 Å². The first kappa shape index (κ1) is 13.1. The zero-order valence-electron chi connectivity index (χ0n) is 10.6. The number of benzene rings is 1. The van der Waals surface area contributed by atoms with Crippen LogP contribution in [0, 0.1) is 6.92 Å². The molecule has 0 radical (unpaired) electrons. The van der Waals surface area contributed by atoms with Gasteiger partial charge < -0.3 is 10.1 Å². The Bertz CT molecular complexity index is 456. The summed E-state index contributed by atoms with van der Waals surface area (Å²) in [6.45, 7) is 4.54. The number of hydrogen-bond acceptors (Lipinski definition) is 4. The Morgan fingerprint density at radius 1 is 1.22 bits per heavy atom. The van der Waals surface area contributed by atoms with Gasteiger partial charge in [0.2, 0.25) is 0 Å². The lowest BCUT2D eigenvalue weighted by molar-refractivity contribution is 0.314. The minimum absolute atomic E-state index is 0.695. The van der Waals surface area contributed by atoms with E-state index in [2.05, 4.69) is 15.7 Å². The molecule has 4 heteroatoms. The molecule has 0 amide bonds. The van der Waals surface area contributed by atoms with Crippen molar-refractivity contribution >= 4 is 11.3 Å². The second kappa shape index (κ2) is 7.13. The molecule has 0 unspecified atom stereocenters. The molecule has 1 aromatic heterocycles. The molecule has 0 spiro atoms. The monoisotopic (exact) mass is 262 g/mol. The van der Waals surface area contributed by atoms with Gasteiger partial charge in [-0.3, -0.25) is 0 Å². The molecule has 1 heterocycles. The SMILES string of the molecule is Cc1nc(CCNCCOc2ccccc2)cs1. The number of aryl methyl sites for hydroxylation is 1. The molecule has 0 saturated heterocycles. The summed E-state index contributed by atoms with van der Waals surface area (Å²) in [4.78, 5) is 4.42. The summed E-state index contributed by atoms with van der Waals surface area (Å²) in [6.07, 6.45) is 0.982. The van der Waals surface area contributed by atoms with Crippen molar-refractivity contribution in [3.63, 3.8) is 0 Å². The second-order valence-corrected chi connectivity index (χ2v) is 5.08. The van der Waals surface area contributed by atoms with Crippen molar-refractivity contribution in [1.29, 1.82) is 0 Å². The molecule has 18 heavy (non-hydrogen) atoms. The summed E-state index contributed by atoms with van der Waals surface area (Å²) >= 11 is 1.71. The van der Waals surface area contributed by atoms with Gasteiger partial charge in [0.25, 0.3) is 0 Å². The van der Waals surface area contributed by atoms with Gasteiger partial charge in [-0.05, 0) is 19.1 Å². The van der Waals surface area contributed by atoms with Crippen molar-refractivity contribution in [3.8, 4) is 5.75 Å². The number of para-hydroxylation sites is 1. The van der Waals surface area contributed by atoms with Gasteiger partial charge >= 0.3 is 0 Å². The van der Waals surface area contributed by atoms with Crippen molar-refractivity contribution in [2.45, 2.75) is 13.3 Å². The Morgan fingerprint density at radius 3 is 2.78 bits per heavy atom. The average molecular weight is 262 g/mol. The molecule has 0 aliphatic carbocycles. The molecule has 0 aliphatic rings. The summed E-state index contributed by atoms with van der Waals surface area (Å²) in [7, 11) is 0. The van der Waals surface area contributed by atoms with Crippen LogP contribution in [0.5, 0.6) is 5.75 Å². The fourth-order valence-corrected chi connectivity index (χ4v) is 2.27. The smallest absolute Gasteiger partial charge is 0.119 e. The largest absolute Gasteiger partial charge is 0.492 e. The average Bonchev–Trinajstić information content (AvgIpc) is 2.81. The number of rotatable bonds is 7. The van der Waals surface area contributed by atoms with Crippen molar-refractivity contribution in [3.05, 3.63) is 46.4 Å². The number of thiazole rings is 1. The highest BCUT2D eigenvalue weighted by atomic mass is 32.1. The van der Waals surface area contributed by atoms with E-state index in [0.29, 0.717) is 6.61 Å². The third kappa shape index (κ3) is 4.47. The lowest BCUT2D eigenvalue weighted by Crippen LogP contribution is -2.23. The van der Waals surface area contributed by atoms with Gasteiger partial charge in [-0.25, -0.2) is 4.98 Å². The molecule has 0 fully saturated rings. The molecule has 0 aliphatic heterocycles. The van der Waals surface area contributed by atoms with E-state index >= 15 is 0 Å². The lowest BCUT2D eigenvalue weighted by atomic mass is 10.3. The molecular formula is C14H18N2OS. The molecule has 1 aromatic carbocycles. The van der Waals surface area contributed by atoms with E-state index in [0.717, 1.165) is 30.3 Å². The summed E-state index contributed by atoms with van der Waals surface area (Å²) in [5, 5.41) is 6.61. The van der Waals surface area contributed by atoms with E-state index in [1.165, 1.54) is 5.69 Å². The molecule has 1 N–H and O–H groups in total. The van der Waals surface area contributed by atoms with Gasteiger partial charge in [-0.2, -0.15) is 0 Å². The minimum atomic E-state index is 0.695. The Labute approximate surface area is 112 Å². The highest BCUT2D eigenvalue weighted by Gasteiger charge is 1.97. The fourth-order valence-electron chi connectivity index (χ4n) is 1.62. The zero-order valence-corrected chi connectivity index (χ0v) is 11.4. The standard InChI is InChI=1S/C14H18N2OS/c1-12-16-13(11-18-12)7-8-15-9-10-17-14-5-3-2-4-6-14/h2-6,11,15H,7-10H2,1H3. The van der Waals surface area contributed by atoms with Gasteiger partial charge in [0, 0.05) is 24.9 Å². The van der Waals surface area contributed by atoms with E-state index in [1.807, 2.05) is 37.3 Å². The van der Waals surface area contributed by atoms with Crippen LogP contribution in [-0.4, -0.2) is 24.7 Å². The summed E-state index contributed by atoms with van der Waals surface area (Å²) in [6, 6.07) is 9.89. The van der Waals surface area contributed by atoms with E-state index in [1.54, 1.807) is 11.3 Å². The van der Waals surface area contributed by atoms with Gasteiger partial charge in [0.1, 0.15) is 12.4 Å². The van der Waals surface area contributed by atoms with Crippen molar-refractivity contribution in [2.75, 3.05) is 19.7 Å². The third-order valence-electron chi connectivity index (χ3n) is 2.52. The van der Waals surface area contributed by atoms with Gasteiger partial charge in [-0.15, -0.1) is 11.3 Å². The van der Waals surface area contributed by atoms with Gasteiger partial charge in [0.15, 0.2) is 0 Å². The number of nitrogens with zero attached hydrogens (tertiary/aromatic N) is 1. The van der Waals surface area contributed by atoms with Crippen LogP contribution in [0.1, 0.15) is 10.7 Å². The minimum Gasteiger partial charge on any atom is -0.492 e. The van der Waals surface area contributed by atoms with Crippen LogP contribution in [0.15, 0.2) is 35.7 Å². The zero-order chi connectivity index (χ0) is 12.6. The number of aromatic nitrogens is 1. The molecular weight excluding hydrogens is 244 g/mol. The Hall–Kier alpha value is -1.39. The molecule has 2 aromatic rings. The second-order valence-electron chi connectivity index (χ2n) is 4.02. The topological polar surface area (TPSA) is 34.2 Å².